The Bertz CT molecular complexity index is 1670. The van der Waals surface area contributed by atoms with Gasteiger partial charge in [0.25, 0.3) is 0 Å². The highest BCUT2D eigenvalue weighted by Gasteiger charge is 2.22. The zero-order valence-corrected chi connectivity index (χ0v) is 20.5. The zero-order chi connectivity index (χ0) is 33.2. The average molecular weight is 459 g/mol. The van der Waals surface area contributed by atoms with Crippen LogP contribution in [0.5, 0.6) is 0 Å². The number of nitrogens with one attached hydrogen (secondary N) is 1. The van der Waals surface area contributed by atoms with E-state index in [1.54, 1.807) is 18.2 Å². The number of rotatable bonds is 4. The molecule has 4 aromatic rings. The summed E-state index contributed by atoms with van der Waals surface area (Å²) in [5, 5.41) is 3.28. The maximum Gasteiger partial charge on any atom is 0.0629 e. The lowest BCUT2D eigenvalue weighted by atomic mass is 9.82. The van der Waals surface area contributed by atoms with E-state index in [1.165, 1.54) is 0 Å². The molecule has 3 N–H and O–H groups in total. The summed E-state index contributed by atoms with van der Waals surface area (Å²) in [6, 6.07) is 4.00. The van der Waals surface area contributed by atoms with Gasteiger partial charge in [0.1, 0.15) is 0 Å². The van der Waals surface area contributed by atoms with Crippen molar-refractivity contribution < 1.29 is 13.7 Å². The summed E-state index contributed by atoms with van der Waals surface area (Å²) in [6.45, 7) is 11.9. The van der Waals surface area contributed by atoms with E-state index < -0.39 is 65.8 Å². The molecule has 0 aliphatic rings. The van der Waals surface area contributed by atoms with Gasteiger partial charge >= 0.3 is 0 Å². The molecule has 174 valence electrons. The molecule has 2 nitrogen and oxygen atoms in total. The van der Waals surface area contributed by atoms with Crippen LogP contribution in [0.25, 0.3) is 22.3 Å². The second-order valence-electron chi connectivity index (χ2n) is 10.4. The molecule has 0 radical (unpaired) electrons. The van der Waals surface area contributed by atoms with Gasteiger partial charge in [0, 0.05) is 11.1 Å². The summed E-state index contributed by atoms with van der Waals surface area (Å²) in [5.41, 5.74) is 8.61. The third-order valence-corrected chi connectivity index (χ3v) is 5.72. The Morgan fingerprint density at radius 3 is 1.53 bits per heavy atom. The minimum absolute atomic E-state index is 0.0944. The highest BCUT2D eigenvalue weighted by atomic mass is 14.9. The molecule has 4 aromatic carbocycles. The molecule has 0 fully saturated rings. The van der Waals surface area contributed by atoms with Crippen LogP contribution in [-0.2, 0) is 10.8 Å². The van der Waals surface area contributed by atoms with Gasteiger partial charge in [0.2, 0.25) is 0 Å². The summed E-state index contributed by atoms with van der Waals surface area (Å²) >= 11 is 0. The molecule has 4 rings (SSSR count). The van der Waals surface area contributed by atoms with Crippen LogP contribution in [0, 0.1) is 0 Å². The van der Waals surface area contributed by atoms with E-state index in [0.717, 1.165) is 5.56 Å². The fourth-order valence-corrected chi connectivity index (χ4v) is 3.65. The zero-order valence-electron chi connectivity index (χ0n) is 30.5. The first-order valence-corrected chi connectivity index (χ1v) is 11.2. The highest BCUT2D eigenvalue weighted by molar-refractivity contribution is 5.95. The van der Waals surface area contributed by atoms with Gasteiger partial charge in [-0.3, -0.25) is 0 Å². The molecule has 2 heteroatoms. The predicted octanol–water partition coefficient (Wildman–Crippen LogP) is 8.94. The van der Waals surface area contributed by atoms with Crippen molar-refractivity contribution in [3.63, 3.8) is 0 Å². The van der Waals surface area contributed by atoms with Crippen molar-refractivity contribution in [2.24, 2.45) is 0 Å². The molecule has 0 heterocycles. The lowest BCUT2D eigenvalue weighted by Crippen LogP contribution is -2.13. The normalized spacial score (nSPS) is 16.1. The molecule has 0 saturated carbocycles. The highest BCUT2D eigenvalue weighted by Crippen LogP contribution is 2.43. The largest absolute Gasteiger partial charge is 0.397 e. The molecule has 0 saturated heterocycles. The van der Waals surface area contributed by atoms with Gasteiger partial charge in [0.15, 0.2) is 0 Å². The first-order valence-electron chi connectivity index (χ1n) is 16.2. The Morgan fingerprint density at radius 1 is 0.647 bits per heavy atom. The lowest BCUT2D eigenvalue weighted by molar-refractivity contribution is 0.590. The Hall–Kier alpha value is -3.52. The molecular formula is C32H36N2. The van der Waals surface area contributed by atoms with Crippen LogP contribution >= 0.6 is 0 Å². The fourth-order valence-electron chi connectivity index (χ4n) is 3.65. The molecule has 0 bridgehead atoms. The number of benzene rings is 4. The van der Waals surface area contributed by atoms with Crippen molar-refractivity contribution in [1.29, 1.82) is 0 Å². The second-order valence-corrected chi connectivity index (χ2v) is 10.4. The first-order chi connectivity index (χ1) is 20.2. The fraction of sp³-hybridized carbons (Fsp3) is 0.250. The van der Waals surface area contributed by atoms with Gasteiger partial charge in [-0.2, -0.15) is 0 Å². The summed E-state index contributed by atoms with van der Waals surface area (Å²) in [7, 11) is 0. The molecular weight excluding hydrogens is 412 g/mol. The Morgan fingerprint density at radius 2 is 1.12 bits per heavy atom. The molecule has 0 amide bonds. The number of hydrogen-bond donors (Lipinski definition) is 2. The van der Waals surface area contributed by atoms with Crippen molar-refractivity contribution in [2.75, 3.05) is 11.1 Å². The van der Waals surface area contributed by atoms with Crippen molar-refractivity contribution in [3.8, 4) is 22.3 Å². The Kier molecular flexibility index (Phi) is 3.72. The summed E-state index contributed by atoms with van der Waals surface area (Å²) < 4.78 is 84.8. The van der Waals surface area contributed by atoms with Crippen LogP contribution < -0.4 is 11.1 Å². The maximum atomic E-state index is 8.79. The monoisotopic (exact) mass is 458 g/mol. The molecule has 0 aromatic heterocycles. The molecule has 0 aliphatic heterocycles. The SMILES string of the molecule is [2H]c1c([2H])c([2H])c(-c2cc(C(C)(C)C)cc(-c3c([2H])c([2H])c([2H])c([2H])c3[2H])c2Nc2ccc(C(C)(C)C)cc2N)c([2H])c1[2H]. The van der Waals surface area contributed by atoms with Gasteiger partial charge < -0.3 is 11.1 Å². The van der Waals surface area contributed by atoms with E-state index in [4.69, 9.17) is 19.4 Å². The second kappa shape index (κ2) is 9.02. The number of nitrogens with two attached hydrogens (primary N) is 1. The lowest BCUT2D eigenvalue weighted by Gasteiger charge is -2.26. The molecule has 0 atom stereocenters. The molecule has 0 spiro atoms. The van der Waals surface area contributed by atoms with E-state index in [0.29, 0.717) is 16.9 Å². The van der Waals surface area contributed by atoms with E-state index in [9.17, 15) is 0 Å². The maximum absolute atomic E-state index is 8.79. The first kappa shape index (κ1) is 14.0. The van der Waals surface area contributed by atoms with Gasteiger partial charge in [-0.25, -0.2) is 0 Å². The quantitative estimate of drug-likeness (QED) is 0.299. The third kappa shape index (κ3) is 5.02. The molecule has 34 heavy (non-hydrogen) atoms. The minimum atomic E-state index is -0.546. The summed E-state index contributed by atoms with van der Waals surface area (Å²) in [6.07, 6.45) is 0. The van der Waals surface area contributed by atoms with E-state index in [-0.39, 0.29) is 33.4 Å². The van der Waals surface area contributed by atoms with Gasteiger partial charge in [-0.05, 0) is 57.3 Å². The van der Waals surface area contributed by atoms with Crippen LogP contribution in [0.15, 0.2) is 90.8 Å². The van der Waals surface area contributed by atoms with E-state index >= 15 is 0 Å². The standard InChI is InChI=1S/C32H36N2/c1-31(2,3)24-17-18-29(28(33)21-24)34-30-26(22-13-9-7-10-14-22)19-25(32(4,5)6)20-27(30)23-15-11-8-12-16-23/h7-21,34H,33H2,1-6H3/i7D,8D,9D,10D,11D,12D,13D,14D,15D,16D. The smallest absolute Gasteiger partial charge is 0.0629 e. The molecule has 0 unspecified atom stereocenters. The minimum Gasteiger partial charge on any atom is -0.397 e. The van der Waals surface area contributed by atoms with Gasteiger partial charge in [0.05, 0.1) is 30.8 Å². The summed E-state index contributed by atoms with van der Waals surface area (Å²) in [4.78, 5) is 0. The number of nitrogen functional groups attached to an aromatic ring is 1. The average Bonchev–Trinajstić information content (AvgIpc) is 2.94. The number of anilines is 3. The van der Waals surface area contributed by atoms with Crippen molar-refractivity contribution in [2.45, 2.75) is 52.4 Å². The van der Waals surface area contributed by atoms with Crippen LogP contribution in [0.2, 0.25) is 0 Å². The Labute approximate surface area is 218 Å². The van der Waals surface area contributed by atoms with Gasteiger partial charge in [-0.1, -0.05) is 108 Å². The van der Waals surface area contributed by atoms with Crippen LogP contribution in [0.1, 0.15) is 66.4 Å². The van der Waals surface area contributed by atoms with Crippen molar-refractivity contribution >= 4 is 17.1 Å². The third-order valence-electron chi connectivity index (χ3n) is 5.72. The molecule has 0 aliphatic carbocycles. The van der Waals surface area contributed by atoms with Crippen molar-refractivity contribution in [1.82, 2.24) is 0 Å². The summed E-state index contributed by atoms with van der Waals surface area (Å²) in [5.74, 6) is 0. The van der Waals surface area contributed by atoms with Gasteiger partial charge in [-0.15, -0.1) is 0 Å². The van der Waals surface area contributed by atoms with Crippen LogP contribution in [0.3, 0.4) is 0 Å². The number of hydrogen-bond acceptors (Lipinski definition) is 2. The Balaban J connectivity index is 2.24. The topological polar surface area (TPSA) is 38.0 Å². The van der Waals surface area contributed by atoms with Crippen LogP contribution in [0.4, 0.5) is 17.1 Å². The van der Waals surface area contributed by atoms with E-state index in [1.807, 2.05) is 53.7 Å². The predicted molar refractivity (Wildman–Crippen MR) is 149 cm³/mol. The van der Waals surface area contributed by atoms with Crippen molar-refractivity contribution in [3.05, 3.63) is 102 Å². The van der Waals surface area contributed by atoms with E-state index in [2.05, 4.69) is 5.32 Å². The van der Waals surface area contributed by atoms with Crippen LogP contribution in [-0.4, -0.2) is 0 Å².